The molecule has 1 N–H and O–H groups in total. The number of hydrogen-bond donors (Lipinski definition) is 1. The molecule has 2 heteroatoms. The summed E-state index contributed by atoms with van der Waals surface area (Å²) in [7, 11) is 0. The Morgan fingerprint density at radius 1 is 1.78 bits per heavy atom. The van der Waals surface area contributed by atoms with E-state index in [1.165, 1.54) is 6.08 Å². The van der Waals surface area contributed by atoms with Gasteiger partial charge in [0.05, 0.1) is 0 Å². The fourth-order valence-electron chi connectivity index (χ4n) is 0.730. The van der Waals surface area contributed by atoms with E-state index in [0.29, 0.717) is 12.0 Å². The predicted octanol–water partition coefficient (Wildman–Crippen LogP) is 0.432. The van der Waals surface area contributed by atoms with Crippen molar-refractivity contribution in [2.45, 2.75) is 12.5 Å². The van der Waals surface area contributed by atoms with Gasteiger partial charge in [0.2, 0.25) is 0 Å². The van der Waals surface area contributed by atoms with Crippen molar-refractivity contribution in [1.29, 1.82) is 0 Å². The third-order valence-electron chi connectivity index (χ3n) is 1.32. The Morgan fingerprint density at radius 3 is 2.89 bits per heavy atom. The number of ketones is 1. The summed E-state index contributed by atoms with van der Waals surface area (Å²) in [4.78, 5) is 10.6. The molecular formula is C7H8O2. The van der Waals surface area contributed by atoms with E-state index in [0.717, 1.165) is 0 Å². The van der Waals surface area contributed by atoms with Gasteiger partial charge in [-0.15, -0.1) is 0 Å². The summed E-state index contributed by atoms with van der Waals surface area (Å²) in [5.41, 5.74) is 0.586. The van der Waals surface area contributed by atoms with E-state index in [2.05, 4.69) is 6.58 Å². The standard InChI is InChI=1S/C7H8O2/c1-5-3-2-4-6(8)7(5)9/h2,4,7,9H,1,3H2. The summed E-state index contributed by atoms with van der Waals surface area (Å²) >= 11 is 0. The van der Waals surface area contributed by atoms with E-state index in [1.807, 2.05) is 0 Å². The lowest BCUT2D eigenvalue weighted by molar-refractivity contribution is -0.120. The Bertz CT molecular complexity index is 179. The molecule has 0 heterocycles. The van der Waals surface area contributed by atoms with Crippen molar-refractivity contribution >= 4 is 5.78 Å². The monoisotopic (exact) mass is 124 g/mol. The zero-order valence-corrected chi connectivity index (χ0v) is 5.00. The average Bonchev–Trinajstić information content (AvgIpc) is 1.83. The number of allylic oxidation sites excluding steroid dienone is 1. The molecule has 1 aliphatic carbocycles. The van der Waals surface area contributed by atoms with Crippen molar-refractivity contribution in [3.05, 3.63) is 24.3 Å². The van der Waals surface area contributed by atoms with Crippen molar-refractivity contribution in [3.63, 3.8) is 0 Å². The molecule has 1 unspecified atom stereocenters. The number of carbonyl (C=O) groups is 1. The van der Waals surface area contributed by atoms with Crippen LogP contribution in [0.5, 0.6) is 0 Å². The summed E-state index contributed by atoms with van der Waals surface area (Å²) in [6.07, 6.45) is 2.76. The van der Waals surface area contributed by atoms with Gasteiger partial charge in [0.15, 0.2) is 5.78 Å². The Balaban J connectivity index is 2.81. The zero-order chi connectivity index (χ0) is 6.85. The van der Waals surface area contributed by atoms with Crippen LogP contribution < -0.4 is 0 Å². The quantitative estimate of drug-likeness (QED) is 0.475. The number of aliphatic hydroxyl groups is 1. The van der Waals surface area contributed by atoms with Crippen LogP contribution >= 0.6 is 0 Å². The SMILES string of the molecule is C=C1CC=CC(=O)C1O. The molecule has 0 bridgehead atoms. The maximum Gasteiger partial charge on any atom is 0.187 e. The molecule has 0 aromatic heterocycles. The van der Waals surface area contributed by atoms with E-state index < -0.39 is 6.10 Å². The third-order valence-corrected chi connectivity index (χ3v) is 1.32. The first-order valence-electron chi connectivity index (χ1n) is 2.78. The fourth-order valence-corrected chi connectivity index (χ4v) is 0.730. The minimum absolute atomic E-state index is 0.258. The van der Waals surface area contributed by atoms with Crippen LogP contribution in [-0.2, 0) is 4.79 Å². The lowest BCUT2D eigenvalue weighted by Crippen LogP contribution is -2.22. The molecule has 0 radical (unpaired) electrons. The van der Waals surface area contributed by atoms with Gasteiger partial charge in [-0.3, -0.25) is 4.79 Å². The van der Waals surface area contributed by atoms with Crippen LogP contribution in [0.2, 0.25) is 0 Å². The van der Waals surface area contributed by atoms with Crippen LogP contribution in [0.1, 0.15) is 6.42 Å². The van der Waals surface area contributed by atoms with E-state index in [1.54, 1.807) is 6.08 Å². The fraction of sp³-hybridized carbons (Fsp3) is 0.286. The molecule has 0 aromatic carbocycles. The van der Waals surface area contributed by atoms with Crippen LogP contribution in [0.25, 0.3) is 0 Å². The van der Waals surface area contributed by atoms with Crippen LogP contribution in [0.3, 0.4) is 0 Å². The topological polar surface area (TPSA) is 37.3 Å². The highest BCUT2D eigenvalue weighted by molar-refractivity contribution is 5.96. The molecule has 0 aliphatic heterocycles. The van der Waals surface area contributed by atoms with Crippen molar-refractivity contribution in [2.24, 2.45) is 0 Å². The zero-order valence-electron chi connectivity index (χ0n) is 5.00. The molecule has 0 saturated carbocycles. The summed E-state index contributed by atoms with van der Waals surface area (Å²) < 4.78 is 0. The van der Waals surface area contributed by atoms with Gasteiger partial charge in [-0.1, -0.05) is 12.7 Å². The minimum Gasteiger partial charge on any atom is -0.381 e. The first-order valence-corrected chi connectivity index (χ1v) is 2.78. The second-order valence-electron chi connectivity index (χ2n) is 2.07. The highest BCUT2D eigenvalue weighted by atomic mass is 16.3. The maximum atomic E-state index is 10.6. The molecule has 48 valence electrons. The van der Waals surface area contributed by atoms with E-state index in [4.69, 9.17) is 5.11 Å². The van der Waals surface area contributed by atoms with Gasteiger partial charge >= 0.3 is 0 Å². The molecule has 1 rings (SSSR count). The number of carbonyl (C=O) groups excluding carboxylic acids is 1. The molecular weight excluding hydrogens is 116 g/mol. The molecule has 1 aliphatic rings. The van der Waals surface area contributed by atoms with Gasteiger partial charge in [0, 0.05) is 0 Å². The van der Waals surface area contributed by atoms with E-state index in [9.17, 15) is 4.79 Å². The Hall–Kier alpha value is -0.890. The van der Waals surface area contributed by atoms with Gasteiger partial charge in [-0.25, -0.2) is 0 Å². The highest BCUT2D eigenvalue weighted by Gasteiger charge is 2.17. The summed E-state index contributed by atoms with van der Waals surface area (Å²) in [6, 6.07) is 0. The molecule has 9 heavy (non-hydrogen) atoms. The van der Waals surface area contributed by atoms with Crippen LogP contribution in [0.15, 0.2) is 24.3 Å². The molecule has 0 saturated heterocycles. The van der Waals surface area contributed by atoms with Crippen LogP contribution in [0.4, 0.5) is 0 Å². The van der Waals surface area contributed by atoms with E-state index >= 15 is 0 Å². The van der Waals surface area contributed by atoms with Crippen molar-refractivity contribution in [2.75, 3.05) is 0 Å². The van der Waals surface area contributed by atoms with Gasteiger partial charge in [-0.2, -0.15) is 0 Å². The van der Waals surface area contributed by atoms with Gasteiger partial charge in [0.25, 0.3) is 0 Å². The normalized spacial score (nSPS) is 27.0. The van der Waals surface area contributed by atoms with Gasteiger partial charge in [0.1, 0.15) is 6.10 Å². The molecule has 2 nitrogen and oxygen atoms in total. The highest BCUT2D eigenvalue weighted by Crippen LogP contribution is 2.12. The summed E-state index contributed by atoms with van der Waals surface area (Å²) in [6.45, 7) is 3.52. The lowest BCUT2D eigenvalue weighted by Gasteiger charge is -2.12. The average molecular weight is 124 g/mol. The minimum atomic E-state index is -0.949. The smallest absolute Gasteiger partial charge is 0.187 e. The lowest BCUT2D eigenvalue weighted by atomic mass is 9.99. The van der Waals surface area contributed by atoms with Gasteiger partial charge < -0.3 is 5.11 Å². The second kappa shape index (κ2) is 2.15. The molecule has 0 amide bonds. The predicted molar refractivity (Wildman–Crippen MR) is 33.9 cm³/mol. The summed E-state index contributed by atoms with van der Waals surface area (Å²) in [5, 5.41) is 8.95. The van der Waals surface area contributed by atoms with Crippen LogP contribution in [-0.4, -0.2) is 17.0 Å². The number of hydrogen-bond acceptors (Lipinski definition) is 2. The third kappa shape index (κ3) is 1.08. The second-order valence-corrected chi connectivity index (χ2v) is 2.07. The van der Waals surface area contributed by atoms with E-state index in [-0.39, 0.29) is 5.78 Å². The maximum absolute atomic E-state index is 10.6. The first kappa shape index (κ1) is 6.23. The van der Waals surface area contributed by atoms with Crippen molar-refractivity contribution < 1.29 is 9.90 Å². The largest absolute Gasteiger partial charge is 0.381 e. The Kier molecular flexibility index (Phi) is 1.49. The Labute approximate surface area is 53.5 Å². The number of aliphatic hydroxyl groups excluding tert-OH is 1. The molecule has 0 fully saturated rings. The summed E-state index contributed by atoms with van der Waals surface area (Å²) in [5.74, 6) is -0.258. The molecule has 0 aromatic rings. The van der Waals surface area contributed by atoms with Gasteiger partial charge in [-0.05, 0) is 18.1 Å². The van der Waals surface area contributed by atoms with Crippen molar-refractivity contribution in [1.82, 2.24) is 0 Å². The molecule has 0 spiro atoms. The Morgan fingerprint density at radius 2 is 2.44 bits per heavy atom. The first-order chi connectivity index (χ1) is 4.22. The number of rotatable bonds is 0. The van der Waals surface area contributed by atoms with Crippen molar-refractivity contribution in [3.8, 4) is 0 Å². The molecule has 1 atom stereocenters. The van der Waals surface area contributed by atoms with Crippen LogP contribution in [0, 0.1) is 0 Å².